The molecule has 19 heavy (non-hydrogen) atoms. The Hall–Kier alpha value is -1.75. The number of amides is 1. The van der Waals surface area contributed by atoms with Gasteiger partial charge in [0.2, 0.25) is 5.91 Å². The van der Waals surface area contributed by atoms with Gasteiger partial charge in [-0.05, 0) is 25.0 Å². The van der Waals surface area contributed by atoms with Crippen molar-refractivity contribution in [2.75, 3.05) is 13.7 Å². The SMILES string of the molecule is COc1cccc(CC(C)N)c1OCC(C)C(N)=O. The minimum Gasteiger partial charge on any atom is -0.493 e. The molecule has 0 aliphatic carbocycles. The Bertz CT molecular complexity index is 433. The summed E-state index contributed by atoms with van der Waals surface area (Å²) in [6.07, 6.45) is 0.678. The molecule has 5 nitrogen and oxygen atoms in total. The van der Waals surface area contributed by atoms with Crippen LogP contribution in [-0.2, 0) is 11.2 Å². The van der Waals surface area contributed by atoms with Gasteiger partial charge in [0, 0.05) is 6.04 Å². The van der Waals surface area contributed by atoms with Gasteiger partial charge in [-0.1, -0.05) is 19.1 Å². The third kappa shape index (κ3) is 4.44. The topological polar surface area (TPSA) is 87.6 Å². The molecule has 4 N–H and O–H groups in total. The first-order valence-corrected chi connectivity index (χ1v) is 6.29. The Kier molecular flexibility index (Phi) is 5.63. The Morgan fingerprint density at radius 2 is 2.05 bits per heavy atom. The normalized spacial score (nSPS) is 13.7. The Balaban J connectivity index is 2.91. The summed E-state index contributed by atoms with van der Waals surface area (Å²) in [5, 5.41) is 0. The van der Waals surface area contributed by atoms with Crippen LogP contribution in [0.1, 0.15) is 19.4 Å². The lowest BCUT2D eigenvalue weighted by Crippen LogP contribution is -2.26. The first-order valence-electron chi connectivity index (χ1n) is 6.29. The second kappa shape index (κ2) is 6.99. The van der Waals surface area contributed by atoms with Crippen molar-refractivity contribution in [3.63, 3.8) is 0 Å². The molecule has 0 heterocycles. The first-order chi connectivity index (χ1) is 8.95. The van der Waals surface area contributed by atoms with Crippen molar-refractivity contribution >= 4 is 5.91 Å². The average molecular weight is 266 g/mol. The molecule has 0 bridgehead atoms. The van der Waals surface area contributed by atoms with E-state index in [0.29, 0.717) is 17.9 Å². The van der Waals surface area contributed by atoms with Gasteiger partial charge < -0.3 is 20.9 Å². The number of carbonyl (C=O) groups excluding carboxylic acids is 1. The molecule has 1 amide bonds. The second-order valence-electron chi connectivity index (χ2n) is 4.74. The lowest BCUT2D eigenvalue weighted by molar-refractivity contribution is -0.122. The Morgan fingerprint density at radius 3 is 2.58 bits per heavy atom. The van der Waals surface area contributed by atoms with Crippen LogP contribution < -0.4 is 20.9 Å². The van der Waals surface area contributed by atoms with Crippen LogP contribution in [0.3, 0.4) is 0 Å². The number of ether oxygens (including phenoxy) is 2. The fourth-order valence-corrected chi connectivity index (χ4v) is 1.68. The van der Waals surface area contributed by atoms with Crippen LogP contribution >= 0.6 is 0 Å². The van der Waals surface area contributed by atoms with Crippen molar-refractivity contribution in [2.24, 2.45) is 17.4 Å². The number of hydrogen-bond donors (Lipinski definition) is 2. The van der Waals surface area contributed by atoms with Gasteiger partial charge in [-0.25, -0.2) is 0 Å². The molecule has 0 aliphatic heterocycles. The summed E-state index contributed by atoms with van der Waals surface area (Å²) >= 11 is 0. The molecular formula is C14H22N2O3. The van der Waals surface area contributed by atoms with Crippen LogP contribution in [0.15, 0.2) is 18.2 Å². The Morgan fingerprint density at radius 1 is 1.37 bits per heavy atom. The van der Waals surface area contributed by atoms with E-state index in [1.54, 1.807) is 14.0 Å². The van der Waals surface area contributed by atoms with E-state index >= 15 is 0 Å². The van der Waals surface area contributed by atoms with Crippen LogP contribution in [0.4, 0.5) is 0 Å². The molecule has 0 spiro atoms. The van der Waals surface area contributed by atoms with E-state index in [1.165, 1.54) is 0 Å². The van der Waals surface area contributed by atoms with Gasteiger partial charge >= 0.3 is 0 Å². The summed E-state index contributed by atoms with van der Waals surface area (Å²) in [5.74, 6) is 0.530. The van der Waals surface area contributed by atoms with E-state index in [1.807, 2.05) is 25.1 Å². The molecule has 0 saturated carbocycles. The predicted octanol–water partition coefficient (Wildman–Crippen LogP) is 1.09. The molecular weight excluding hydrogens is 244 g/mol. The van der Waals surface area contributed by atoms with Crippen molar-refractivity contribution in [1.82, 2.24) is 0 Å². The maximum Gasteiger partial charge on any atom is 0.223 e. The summed E-state index contributed by atoms with van der Waals surface area (Å²) in [6.45, 7) is 3.87. The minimum atomic E-state index is -0.386. The van der Waals surface area contributed by atoms with E-state index in [2.05, 4.69) is 0 Å². The molecule has 0 aliphatic rings. The second-order valence-corrected chi connectivity index (χ2v) is 4.74. The van der Waals surface area contributed by atoms with Crippen molar-refractivity contribution in [1.29, 1.82) is 0 Å². The summed E-state index contributed by atoms with van der Waals surface area (Å²) < 4.78 is 11.0. The number of nitrogens with two attached hydrogens (primary N) is 2. The van der Waals surface area contributed by atoms with Gasteiger partial charge in [-0.15, -0.1) is 0 Å². The van der Waals surface area contributed by atoms with Crippen molar-refractivity contribution in [3.05, 3.63) is 23.8 Å². The van der Waals surface area contributed by atoms with Crippen LogP contribution in [0.2, 0.25) is 0 Å². The molecule has 1 aromatic carbocycles. The number of benzene rings is 1. The highest BCUT2D eigenvalue weighted by Crippen LogP contribution is 2.32. The van der Waals surface area contributed by atoms with E-state index in [9.17, 15) is 4.79 Å². The number of hydrogen-bond acceptors (Lipinski definition) is 4. The van der Waals surface area contributed by atoms with Gasteiger partial charge in [0.25, 0.3) is 0 Å². The number of para-hydroxylation sites is 1. The number of primary amides is 1. The maximum absolute atomic E-state index is 11.0. The highest BCUT2D eigenvalue weighted by Gasteiger charge is 2.15. The van der Waals surface area contributed by atoms with Crippen molar-refractivity contribution in [2.45, 2.75) is 26.3 Å². The maximum atomic E-state index is 11.0. The first kappa shape index (κ1) is 15.3. The zero-order valence-corrected chi connectivity index (χ0v) is 11.7. The molecule has 5 heteroatoms. The molecule has 2 unspecified atom stereocenters. The minimum absolute atomic E-state index is 0.0167. The molecule has 0 saturated heterocycles. The Labute approximate surface area is 113 Å². The van der Waals surface area contributed by atoms with Gasteiger partial charge in [0.1, 0.15) is 0 Å². The summed E-state index contributed by atoms with van der Waals surface area (Å²) in [4.78, 5) is 11.0. The molecule has 2 atom stereocenters. The molecule has 106 valence electrons. The third-order valence-corrected chi connectivity index (χ3v) is 2.79. The van der Waals surface area contributed by atoms with Crippen molar-refractivity contribution < 1.29 is 14.3 Å². The third-order valence-electron chi connectivity index (χ3n) is 2.79. The smallest absolute Gasteiger partial charge is 0.223 e. The monoisotopic (exact) mass is 266 g/mol. The number of methoxy groups -OCH3 is 1. The van der Waals surface area contributed by atoms with Crippen LogP contribution in [0.5, 0.6) is 11.5 Å². The highest BCUT2D eigenvalue weighted by molar-refractivity contribution is 5.76. The molecule has 1 aromatic rings. The van der Waals surface area contributed by atoms with E-state index in [4.69, 9.17) is 20.9 Å². The molecule has 0 fully saturated rings. The van der Waals surface area contributed by atoms with Crippen LogP contribution in [-0.4, -0.2) is 25.7 Å². The summed E-state index contributed by atoms with van der Waals surface area (Å²) in [7, 11) is 1.58. The molecule has 0 radical (unpaired) electrons. The van der Waals surface area contributed by atoms with E-state index in [-0.39, 0.29) is 24.5 Å². The zero-order valence-electron chi connectivity index (χ0n) is 11.7. The van der Waals surface area contributed by atoms with Gasteiger partial charge in [0.15, 0.2) is 11.5 Å². The van der Waals surface area contributed by atoms with E-state index in [0.717, 1.165) is 5.56 Å². The lowest BCUT2D eigenvalue weighted by atomic mass is 10.1. The quantitative estimate of drug-likeness (QED) is 0.773. The van der Waals surface area contributed by atoms with Crippen LogP contribution in [0.25, 0.3) is 0 Å². The average Bonchev–Trinajstić information content (AvgIpc) is 2.35. The molecule has 0 aromatic heterocycles. The van der Waals surface area contributed by atoms with Crippen LogP contribution in [0, 0.1) is 5.92 Å². The summed E-state index contributed by atoms with van der Waals surface area (Å²) in [5.41, 5.74) is 12.0. The standard InChI is InChI=1S/C14H22N2O3/c1-9(14(16)17)8-19-13-11(7-10(2)15)5-4-6-12(13)18-3/h4-6,9-10H,7-8,15H2,1-3H3,(H2,16,17). The van der Waals surface area contributed by atoms with Crippen molar-refractivity contribution in [3.8, 4) is 11.5 Å². The summed E-state index contributed by atoms with van der Waals surface area (Å²) in [6, 6.07) is 5.66. The number of rotatable bonds is 7. The fraction of sp³-hybridized carbons (Fsp3) is 0.500. The lowest BCUT2D eigenvalue weighted by Gasteiger charge is -2.17. The zero-order chi connectivity index (χ0) is 14.4. The fourth-order valence-electron chi connectivity index (χ4n) is 1.68. The van der Waals surface area contributed by atoms with Gasteiger partial charge in [0.05, 0.1) is 19.6 Å². The van der Waals surface area contributed by atoms with E-state index < -0.39 is 0 Å². The highest BCUT2D eigenvalue weighted by atomic mass is 16.5. The largest absolute Gasteiger partial charge is 0.493 e. The predicted molar refractivity (Wildman–Crippen MR) is 74.2 cm³/mol. The van der Waals surface area contributed by atoms with Gasteiger partial charge in [-0.3, -0.25) is 4.79 Å². The number of carbonyl (C=O) groups is 1. The molecule has 1 rings (SSSR count). The van der Waals surface area contributed by atoms with Gasteiger partial charge in [-0.2, -0.15) is 0 Å².